The molecule has 0 unspecified atom stereocenters. The monoisotopic (exact) mass is 375 g/mol. The molecule has 0 fully saturated rings. The molecule has 7 nitrogen and oxygen atoms in total. The van der Waals surface area contributed by atoms with Gasteiger partial charge < -0.3 is 10.6 Å². The highest BCUT2D eigenvalue weighted by Gasteiger charge is 2.23. The molecule has 1 aromatic carbocycles. The minimum atomic E-state index is -0.507. The second-order valence-electron chi connectivity index (χ2n) is 5.04. The van der Waals surface area contributed by atoms with Gasteiger partial charge >= 0.3 is 5.69 Å². The van der Waals surface area contributed by atoms with Crippen molar-refractivity contribution in [2.24, 2.45) is 0 Å². The predicted molar refractivity (Wildman–Crippen MR) is 99.9 cm³/mol. The average molecular weight is 376 g/mol. The zero-order chi connectivity index (χ0) is 17.6. The van der Waals surface area contributed by atoms with Crippen molar-refractivity contribution >= 4 is 45.9 Å². The van der Waals surface area contributed by atoms with Crippen molar-refractivity contribution < 1.29 is 4.92 Å². The molecule has 3 rings (SSSR count). The van der Waals surface area contributed by atoms with Crippen LogP contribution in [-0.2, 0) is 6.42 Å². The van der Waals surface area contributed by atoms with E-state index in [1.807, 2.05) is 17.5 Å². The molecule has 3 aromatic rings. The SMILES string of the molecule is O=[N+]([O-])c1c(NCCc2cccs2)ncnc1Nc1ccccc1Cl. The summed E-state index contributed by atoms with van der Waals surface area (Å²) in [5.41, 5.74) is 0.323. The zero-order valence-electron chi connectivity index (χ0n) is 13.0. The van der Waals surface area contributed by atoms with Crippen LogP contribution in [0.2, 0.25) is 5.02 Å². The van der Waals surface area contributed by atoms with Crippen molar-refractivity contribution in [2.45, 2.75) is 6.42 Å². The summed E-state index contributed by atoms with van der Waals surface area (Å²) in [5, 5.41) is 19.9. The van der Waals surface area contributed by atoms with E-state index in [9.17, 15) is 10.1 Å². The van der Waals surface area contributed by atoms with Crippen molar-refractivity contribution in [3.8, 4) is 0 Å². The number of nitrogens with one attached hydrogen (secondary N) is 2. The summed E-state index contributed by atoms with van der Waals surface area (Å²) in [6.45, 7) is 0.532. The molecule has 9 heteroatoms. The maximum Gasteiger partial charge on any atom is 0.353 e. The molecule has 25 heavy (non-hydrogen) atoms. The normalized spacial score (nSPS) is 10.4. The lowest BCUT2D eigenvalue weighted by molar-refractivity contribution is -0.383. The molecule has 0 aliphatic rings. The number of nitro groups is 1. The summed E-state index contributed by atoms with van der Waals surface area (Å²) in [5.74, 6) is 0.262. The van der Waals surface area contributed by atoms with Crippen LogP contribution in [0.1, 0.15) is 4.88 Å². The fourth-order valence-corrected chi connectivity index (χ4v) is 3.11. The Labute approximate surface area is 152 Å². The molecular weight excluding hydrogens is 362 g/mol. The highest BCUT2D eigenvalue weighted by molar-refractivity contribution is 7.09. The first-order valence-corrected chi connectivity index (χ1v) is 8.68. The number of benzene rings is 1. The van der Waals surface area contributed by atoms with E-state index in [0.717, 1.165) is 6.42 Å². The Morgan fingerprint density at radius 3 is 2.68 bits per heavy atom. The molecule has 0 aliphatic heterocycles. The number of anilines is 3. The smallest absolute Gasteiger partial charge is 0.353 e. The zero-order valence-corrected chi connectivity index (χ0v) is 14.5. The highest BCUT2D eigenvalue weighted by Crippen LogP contribution is 2.33. The summed E-state index contributed by atoms with van der Waals surface area (Å²) in [4.78, 5) is 20.2. The Morgan fingerprint density at radius 2 is 1.96 bits per heavy atom. The standard InChI is InChI=1S/C16H14ClN5O2S/c17-12-5-1-2-6-13(12)21-16-14(22(23)24)15(19-10-20-16)18-8-7-11-4-3-9-25-11/h1-6,9-10H,7-8H2,(H2,18,19,20,21). The molecule has 0 bridgehead atoms. The van der Waals surface area contributed by atoms with Gasteiger partial charge in [-0.05, 0) is 30.0 Å². The van der Waals surface area contributed by atoms with Gasteiger partial charge in [-0.1, -0.05) is 29.8 Å². The van der Waals surface area contributed by atoms with E-state index in [0.29, 0.717) is 17.3 Å². The van der Waals surface area contributed by atoms with Crippen LogP contribution < -0.4 is 10.6 Å². The van der Waals surface area contributed by atoms with Gasteiger partial charge in [0.25, 0.3) is 0 Å². The number of para-hydroxylation sites is 1. The van der Waals surface area contributed by atoms with Gasteiger partial charge in [-0.15, -0.1) is 11.3 Å². The van der Waals surface area contributed by atoms with Crippen molar-refractivity contribution in [3.05, 3.63) is 68.1 Å². The Hall–Kier alpha value is -2.71. The van der Waals surface area contributed by atoms with Crippen molar-refractivity contribution in [1.82, 2.24) is 9.97 Å². The second-order valence-corrected chi connectivity index (χ2v) is 6.48. The van der Waals surface area contributed by atoms with E-state index in [-0.39, 0.29) is 17.3 Å². The lowest BCUT2D eigenvalue weighted by Gasteiger charge is -2.10. The van der Waals surface area contributed by atoms with Gasteiger partial charge in [-0.25, -0.2) is 9.97 Å². The van der Waals surface area contributed by atoms with E-state index < -0.39 is 4.92 Å². The first-order valence-electron chi connectivity index (χ1n) is 7.42. The Bertz CT molecular complexity index is 873. The second kappa shape index (κ2) is 7.91. The van der Waals surface area contributed by atoms with Gasteiger partial charge in [-0.2, -0.15) is 0 Å². The number of aromatic nitrogens is 2. The molecule has 0 saturated carbocycles. The van der Waals surface area contributed by atoms with Crippen LogP contribution in [0.25, 0.3) is 0 Å². The van der Waals surface area contributed by atoms with Gasteiger partial charge in [0.15, 0.2) is 0 Å². The highest BCUT2D eigenvalue weighted by atomic mass is 35.5. The fourth-order valence-electron chi connectivity index (χ4n) is 2.22. The molecule has 0 atom stereocenters. The van der Waals surface area contributed by atoms with E-state index in [4.69, 9.17) is 11.6 Å². The molecule has 2 N–H and O–H groups in total. The van der Waals surface area contributed by atoms with E-state index in [1.165, 1.54) is 11.2 Å². The molecule has 0 saturated heterocycles. The number of rotatable bonds is 7. The van der Waals surface area contributed by atoms with E-state index in [1.54, 1.807) is 35.6 Å². The quantitative estimate of drug-likeness (QED) is 0.466. The van der Waals surface area contributed by atoms with Gasteiger partial charge in [0.1, 0.15) is 6.33 Å². The maximum absolute atomic E-state index is 11.5. The average Bonchev–Trinajstić information content (AvgIpc) is 3.10. The molecule has 0 amide bonds. The molecule has 0 radical (unpaired) electrons. The summed E-state index contributed by atoms with van der Waals surface area (Å²) in [6.07, 6.45) is 2.03. The minimum absolute atomic E-state index is 0.0896. The summed E-state index contributed by atoms with van der Waals surface area (Å²) in [7, 11) is 0. The topological polar surface area (TPSA) is 93.0 Å². The van der Waals surface area contributed by atoms with Gasteiger partial charge in [0, 0.05) is 11.4 Å². The van der Waals surface area contributed by atoms with Gasteiger partial charge in [0.2, 0.25) is 11.6 Å². The number of halogens is 1. The number of nitrogens with zero attached hydrogens (tertiary/aromatic N) is 3. The fraction of sp³-hybridized carbons (Fsp3) is 0.125. The lowest BCUT2D eigenvalue weighted by Crippen LogP contribution is -2.10. The van der Waals surface area contributed by atoms with Crippen LogP contribution in [0.4, 0.5) is 23.0 Å². The van der Waals surface area contributed by atoms with Crippen LogP contribution in [0.5, 0.6) is 0 Å². The van der Waals surface area contributed by atoms with Crippen LogP contribution >= 0.6 is 22.9 Å². The molecule has 2 heterocycles. The molecule has 0 aliphatic carbocycles. The Kier molecular flexibility index (Phi) is 5.42. The van der Waals surface area contributed by atoms with Crippen LogP contribution in [0.3, 0.4) is 0 Å². The third-order valence-corrected chi connectivity index (χ3v) is 4.64. The lowest BCUT2D eigenvalue weighted by atomic mass is 10.3. The van der Waals surface area contributed by atoms with E-state index in [2.05, 4.69) is 20.6 Å². The maximum atomic E-state index is 11.5. The largest absolute Gasteiger partial charge is 0.364 e. The molecule has 2 aromatic heterocycles. The first-order chi connectivity index (χ1) is 12.1. The third kappa shape index (κ3) is 4.23. The van der Waals surface area contributed by atoms with E-state index >= 15 is 0 Å². The summed E-state index contributed by atoms with van der Waals surface area (Å²) < 4.78 is 0. The number of hydrogen-bond donors (Lipinski definition) is 2. The summed E-state index contributed by atoms with van der Waals surface area (Å²) >= 11 is 7.74. The Morgan fingerprint density at radius 1 is 1.16 bits per heavy atom. The summed E-state index contributed by atoms with van der Waals surface area (Å²) in [6, 6.07) is 11.0. The number of thiophene rings is 1. The van der Waals surface area contributed by atoms with Crippen LogP contribution in [0, 0.1) is 10.1 Å². The Balaban J connectivity index is 1.81. The van der Waals surface area contributed by atoms with Crippen molar-refractivity contribution in [1.29, 1.82) is 0 Å². The minimum Gasteiger partial charge on any atom is -0.364 e. The predicted octanol–water partition coefficient (Wildman–Crippen LogP) is 4.50. The van der Waals surface area contributed by atoms with Crippen molar-refractivity contribution in [2.75, 3.05) is 17.2 Å². The molecule has 128 valence electrons. The molecule has 0 spiro atoms. The third-order valence-electron chi connectivity index (χ3n) is 3.38. The number of hydrogen-bond acceptors (Lipinski definition) is 7. The van der Waals surface area contributed by atoms with Crippen molar-refractivity contribution in [3.63, 3.8) is 0 Å². The first kappa shape index (κ1) is 17.1. The van der Waals surface area contributed by atoms with Crippen LogP contribution in [-0.4, -0.2) is 21.4 Å². The van der Waals surface area contributed by atoms with Crippen LogP contribution in [0.15, 0.2) is 48.1 Å². The van der Waals surface area contributed by atoms with Gasteiger partial charge in [-0.3, -0.25) is 10.1 Å². The molecular formula is C16H14ClN5O2S. The van der Waals surface area contributed by atoms with Gasteiger partial charge in [0.05, 0.1) is 15.6 Å².